The van der Waals surface area contributed by atoms with E-state index in [1.165, 1.54) is 11.3 Å². The molecule has 0 aliphatic heterocycles. The lowest BCUT2D eigenvalue weighted by molar-refractivity contribution is 0.103. The molecule has 0 spiro atoms. The average molecular weight is 354 g/mol. The topological polar surface area (TPSA) is 38.3 Å². The lowest BCUT2D eigenvalue weighted by Gasteiger charge is -2.13. The highest BCUT2D eigenvalue weighted by atomic mass is 79.9. The monoisotopic (exact) mass is 353 g/mol. The van der Waals surface area contributed by atoms with Gasteiger partial charge < -0.3 is 10.1 Å². The van der Waals surface area contributed by atoms with E-state index in [0.717, 1.165) is 21.6 Å². The van der Waals surface area contributed by atoms with Crippen molar-refractivity contribution in [1.82, 2.24) is 0 Å². The number of nitrogens with one attached hydrogen (secondary N) is 1. The Morgan fingerprint density at radius 3 is 2.85 bits per heavy atom. The Morgan fingerprint density at radius 1 is 1.40 bits per heavy atom. The quantitative estimate of drug-likeness (QED) is 0.826. The first kappa shape index (κ1) is 15.1. The van der Waals surface area contributed by atoms with Gasteiger partial charge in [-0.1, -0.05) is 13.0 Å². The van der Waals surface area contributed by atoms with Crippen LogP contribution in [0.3, 0.4) is 0 Å². The molecule has 2 aromatic rings. The van der Waals surface area contributed by atoms with Gasteiger partial charge in [-0.25, -0.2) is 0 Å². The molecule has 0 radical (unpaired) electrons. The molecule has 0 fully saturated rings. The molecule has 1 heterocycles. The minimum Gasteiger partial charge on any atom is -0.491 e. The van der Waals surface area contributed by atoms with Crippen molar-refractivity contribution in [3.63, 3.8) is 0 Å². The van der Waals surface area contributed by atoms with Crippen LogP contribution in [0.5, 0.6) is 5.75 Å². The standard InChI is InChI=1S/C15H16BrNO2S/c1-3-10(2)19-12-6-4-5-11(9-12)17-15(18)13-7-8-14(16)20-13/h4-10H,3H2,1-2H3,(H,17,18). The van der Waals surface area contributed by atoms with E-state index in [0.29, 0.717) is 4.88 Å². The Labute approximate surface area is 131 Å². The number of benzene rings is 1. The molecule has 1 amide bonds. The second-order valence-electron chi connectivity index (χ2n) is 4.42. The van der Waals surface area contributed by atoms with Crippen LogP contribution in [0.25, 0.3) is 0 Å². The zero-order chi connectivity index (χ0) is 14.5. The first-order valence-electron chi connectivity index (χ1n) is 6.42. The number of amides is 1. The molecule has 0 bridgehead atoms. The summed E-state index contributed by atoms with van der Waals surface area (Å²) < 4.78 is 6.68. The van der Waals surface area contributed by atoms with Gasteiger partial charge in [-0.05, 0) is 53.5 Å². The van der Waals surface area contributed by atoms with Crippen molar-refractivity contribution in [2.45, 2.75) is 26.4 Å². The predicted octanol–water partition coefficient (Wildman–Crippen LogP) is 4.94. The Kier molecular flexibility index (Phi) is 5.20. The van der Waals surface area contributed by atoms with E-state index in [-0.39, 0.29) is 12.0 Å². The van der Waals surface area contributed by atoms with E-state index >= 15 is 0 Å². The highest BCUT2D eigenvalue weighted by molar-refractivity contribution is 9.11. The summed E-state index contributed by atoms with van der Waals surface area (Å²) in [4.78, 5) is 12.7. The van der Waals surface area contributed by atoms with Crippen LogP contribution in [0, 0.1) is 0 Å². The molecule has 1 aromatic carbocycles. The number of anilines is 1. The van der Waals surface area contributed by atoms with E-state index in [1.54, 1.807) is 6.07 Å². The summed E-state index contributed by atoms with van der Waals surface area (Å²) in [6, 6.07) is 11.1. The highest BCUT2D eigenvalue weighted by Gasteiger charge is 2.09. The molecule has 5 heteroatoms. The molecular weight excluding hydrogens is 338 g/mol. The minimum atomic E-state index is -0.110. The summed E-state index contributed by atoms with van der Waals surface area (Å²) in [5.74, 6) is 0.658. The largest absolute Gasteiger partial charge is 0.491 e. The van der Waals surface area contributed by atoms with Crippen molar-refractivity contribution >= 4 is 38.9 Å². The summed E-state index contributed by atoms with van der Waals surface area (Å²) in [7, 11) is 0. The third kappa shape index (κ3) is 4.08. The Bertz CT molecular complexity index is 597. The van der Waals surface area contributed by atoms with E-state index in [2.05, 4.69) is 28.2 Å². The molecule has 0 saturated heterocycles. The van der Waals surface area contributed by atoms with Crippen LogP contribution in [0.2, 0.25) is 0 Å². The maximum Gasteiger partial charge on any atom is 0.265 e. The van der Waals surface area contributed by atoms with Crippen LogP contribution < -0.4 is 10.1 Å². The molecule has 20 heavy (non-hydrogen) atoms. The van der Waals surface area contributed by atoms with Crippen molar-refractivity contribution in [1.29, 1.82) is 0 Å². The Balaban J connectivity index is 2.06. The normalized spacial score (nSPS) is 11.9. The molecule has 2 rings (SSSR count). The van der Waals surface area contributed by atoms with E-state index in [4.69, 9.17) is 4.74 Å². The fourth-order valence-electron chi connectivity index (χ4n) is 1.59. The summed E-state index contributed by atoms with van der Waals surface area (Å²) in [6.07, 6.45) is 1.11. The van der Waals surface area contributed by atoms with Crippen molar-refractivity contribution in [2.24, 2.45) is 0 Å². The Hall–Kier alpha value is -1.33. The van der Waals surface area contributed by atoms with Crippen LogP contribution in [0.4, 0.5) is 5.69 Å². The lowest BCUT2D eigenvalue weighted by atomic mass is 10.2. The van der Waals surface area contributed by atoms with Gasteiger partial charge >= 0.3 is 0 Å². The van der Waals surface area contributed by atoms with Gasteiger partial charge in [-0.3, -0.25) is 4.79 Å². The molecule has 0 aliphatic carbocycles. The molecule has 1 N–H and O–H groups in total. The van der Waals surface area contributed by atoms with Gasteiger partial charge in [0.2, 0.25) is 0 Å². The second kappa shape index (κ2) is 6.90. The molecule has 0 saturated carbocycles. The van der Waals surface area contributed by atoms with E-state index in [1.807, 2.05) is 37.3 Å². The maximum atomic E-state index is 12.1. The van der Waals surface area contributed by atoms with Crippen molar-refractivity contribution in [2.75, 3.05) is 5.32 Å². The zero-order valence-electron chi connectivity index (χ0n) is 11.4. The molecular formula is C15H16BrNO2S. The van der Waals surface area contributed by atoms with Crippen LogP contribution in [0.1, 0.15) is 29.9 Å². The SMILES string of the molecule is CCC(C)Oc1cccc(NC(=O)c2ccc(Br)s2)c1. The van der Waals surface area contributed by atoms with Crippen molar-refractivity contribution in [3.05, 3.63) is 45.1 Å². The summed E-state index contributed by atoms with van der Waals surface area (Å²) in [5.41, 5.74) is 0.736. The number of hydrogen-bond donors (Lipinski definition) is 1. The first-order chi connectivity index (χ1) is 9.58. The van der Waals surface area contributed by atoms with Crippen LogP contribution >= 0.6 is 27.3 Å². The van der Waals surface area contributed by atoms with Crippen molar-refractivity contribution in [3.8, 4) is 5.75 Å². The van der Waals surface area contributed by atoms with Gasteiger partial charge in [0.15, 0.2) is 0 Å². The molecule has 1 aromatic heterocycles. The average Bonchev–Trinajstić information content (AvgIpc) is 2.86. The highest BCUT2D eigenvalue weighted by Crippen LogP contribution is 2.24. The van der Waals surface area contributed by atoms with Crippen LogP contribution in [0.15, 0.2) is 40.2 Å². The fourth-order valence-corrected chi connectivity index (χ4v) is 2.87. The van der Waals surface area contributed by atoms with Gasteiger partial charge in [0, 0.05) is 11.8 Å². The number of ether oxygens (including phenoxy) is 1. The molecule has 1 unspecified atom stereocenters. The Morgan fingerprint density at radius 2 is 2.20 bits per heavy atom. The van der Waals surface area contributed by atoms with E-state index in [9.17, 15) is 4.79 Å². The number of halogens is 1. The van der Waals surface area contributed by atoms with Crippen LogP contribution in [-0.2, 0) is 0 Å². The number of carbonyl (C=O) groups excluding carboxylic acids is 1. The van der Waals surface area contributed by atoms with Crippen molar-refractivity contribution < 1.29 is 9.53 Å². The maximum absolute atomic E-state index is 12.1. The smallest absolute Gasteiger partial charge is 0.265 e. The summed E-state index contributed by atoms with van der Waals surface area (Å²) in [5, 5.41) is 2.87. The molecule has 106 valence electrons. The third-order valence-electron chi connectivity index (χ3n) is 2.80. The molecule has 1 atom stereocenters. The van der Waals surface area contributed by atoms with Gasteiger partial charge in [-0.2, -0.15) is 0 Å². The second-order valence-corrected chi connectivity index (χ2v) is 6.89. The minimum absolute atomic E-state index is 0.110. The van der Waals surface area contributed by atoms with Gasteiger partial charge in [0.25, 0.3) is 5.91 Å². The van der Waals surface area contributed by atoms with Crippen LogP contribution in [-0.4, -0.2) is 12.0 Å². The van der Waals surface area contributed by atoms with Gasteiger partial charge in [0.05, 0.1) is 14.8 Å². The number of rotatable bonds is 5. The number of thiophene rings is 1. The number of hydrogen-bond acceptors (Lipinski definition) is 3. The van der Waals surface area contributed by atoms with E-state index < -0.39 is 0 Å². The molecule has 0 aliphatic rings. The van der Waals surface area contributed by atoms with Gasteiger partial charge in [-0.15, -0.1) is 11.3 Å². The fraction of sp³-hybridized carbons (Fsp3) is 0.267. The number of carbonyl (C=O) groups is 1. The third-order valence-corrected chi connectivity index (χ3v) is 4.42. The summed E-state index contributed by atoms with van der Waals surface area (Å²) in [6.45, 7) is 4.10. The molecule has 3 nitrogen and oxygen atoms in total. The predicted molar refractivity (Wildman–Crippen MR) is 86.8 cm³/mol. The van der Waals surface area contributed by atoms with Gasteiger partial charge in [0.1, 0.15) is 5.75 Å². The summed E-state index contributed by atoms with van der Waals surface area (Å²) >= 11 is 4.76. The first-order valence-corrected chi connectivity index (χ1v) is 8.03. The zero-order valence-corrected chi connectivity index (χ0v) is 13.8. The lowest BCUT2D eigenvalue weighted by Crippen LogP contribution is -2.12.